The van der Waals surface area contributed by atoms with E-state index in [1.807, 2.05) is 12.1 Å². The minimum atomic E-state index is -3.57. The van der Waals surface area contributed by atoms with Gasteiger partial charge >= 0.3 is 0 Å². The number of sulfonamides is 1. The van der Waals surface area contributed by atoms with Gasteiger partial charge in [-0.15, -0.1) is 11.3 Å². The number of halogens is 1. The summed E-state index contributed by atoms with van der Waals surface area (Å²) in [7, 11) is -3.57. The maximum atomic E-state index is 12.2. The van der Waals surface area contributed by atoms with Crippen LogP contribution in [0.4, 0.5) is 11.4 Å². The number of rotatable bonds is 7. The van der Waals surface area contributed by atoms with Crippen molar-refractivity contribution < 1.29 is 8.42 Å². The summed E-state index contributed by atoms with van der Waals surface area (Å²) in [6.07, 6.45) is 1.09. The van der Waals surface area contributed by atoms with Crippen molar-refractivity contribution in [2.24, 2.45) is 5.92 Å². The molecule has 0 spiro atoms. The van der Waals surface area contributed by atoms with Crippen LogP contribution in [0.25, 0.3) is 0 Å². The van der Waals surface area contributed by atoms with Crippen LogP contribution in [0.2, 0.25) is 4.34 Å². The van der Waals surface area contributed by atoms with Gasteiger partial charge in [-0.1, -0.05) is 25.4 Å². The quantitative estimate of drug-likeness (QED) is 0.756. The van der Waals surface area contributed by atoms with E-state index in [9.17, 15) is 8.42 Å². The highest BCUT2D eigenvalue weighted by Crippen LogP contribution is 2.27. The van der Waals surface area contributed by atoms with Gasteiger partial charge in [0.25, 0.3) is 10.0 Å². The van der Waals surface area contributed by atoms with Crippen molar-refractivity contribution in [1.29, 1.82) is 0 Å². The van der Waals surface area contributed by atoms with Gasteiger partial charge in [-0.05, 0) is 48.7 Å². The van der Waals surface area contributed by atoms with E-state index in [0.717, 1.165) is 30.0 Å². The SMILES string of the molecule is CC(C)CCNc1ccc(NS(=O)(=O)c2ccc(Cl)s2)cc1. The van der Waals surface area contributed by atoms with Crippen molar-refractivity contribution in [3.63, 3.8) is 0 Å². The molecule has 4 nitrogen and oxygen atoms in total. The Labute approximate surface area is 140 Å². The molecule has 0 bridgehead atoms. The molecule has 1 aromatic heterocycles. The number of nitrogens with one attached hydrogen (secondary N) is 2. The number of anilines is 2. The van der Waals surface area contributed by atoms with Crippen molar-refractivity contribution in [3.05, 3.63) is 40.7 Å². The molecule has 120 valence electrons. The van der Waals surface area contributed by atoms with Crippen LogP contribution < -0.4 is 10.0 Å². The topological polar surface area (TPSA) is 58.2 Å². The van der Waals surface area contributed by atoms with Gasteiger partial charge < -0.3 is 5.32 Å². The van der Waals surface area contributed by atoms with Crippen LogP contribution in [-0.2, 0) is 10.0 Å². The summed E-state index contributed by atoms with van der Waals surface area (Å²) < 4.78 is 27.5. The third-order valence-corrected chi connectivity index (χ3v) is 6.11. The molecule has 2 aromatic rings. The van der Waals surface area contributed by atoms with Gasteiger partial charge in [0.15, 0.2) is 0 Å². The van der Waals surface area contributed by atoms with Gasteiger partial charge in [0, 0.05) is 17.9 Å². The standard InChI is InChI=1S/C15H19ClN2O2S2/c1-11(2)9-10-17-12-3-5-13(6-4-12)18-22(19,20)15-8-7-14(16)21-15/h3-8,11,17-18H,9-10H2,1-2H3. The zero-order valence-corrected chi connectivity index (χ0v) is 14.9. The Morgan fingerprint density at radius 3 is 2.27 bits per heavy atom. The second-order valence-corrected chi connectivity index (χ2v) is 8.98. The van der Waals surface area contributed by atoms with Crippen LogP contribution in [0.15, 0.2) is 40.6 Å². The lowest BCUT2D eigenvalue weighted by Crippen LogP contribution is -2.11. The number of thiophene rings is 1. The minimum absolute atomic E-state index is 0.205. The predicted octanol–water partition coefficient (Wildman–Crippen LogP) is 4.66. The molecule has 0 unspecified atom stereocenters. The van der Waals surface area contributed by atoms with Gasteiger partial charge in [0.05, 0.1) is 4.34 Å². The van der Waals surface area contributed by atoms with Crippen molar-refractivity contribution in [2.45, 2.75) is 24.5 Å². The highest BCUT2D eigenvalue weighted by Gasteiger charge is 2.16. The van der Waals surface area contributed by atoms with Crippen LogP contribution in [0.1, 0.15) is 20.3 Å². The molecule has 1 heterocycles. The van der Waals surface area contributed by atoms with Crippen molar-refractivity contribution in [3.8, 4) is 0 Å². The molecule has 0 aliphatic rings. The highest BCUT2D eigenvalue weighted by atomic mass is 35.5. The van der Waals surface area contributed by atoms with E-state index in [-0.39, 0.29) is 4.21 Å². The smallest absolute Gasteiger partial charge is 0.271 e. The van der Waals surface area contributed by atoms with Crippen molar-refractivity contribution in [2.75, 3.05) is 16.6 Å². The Morgan fingerprint density at radius 2 is 1.73 bits per heavy atom. The normalized spacial score (nSPS) is 11.6. The van der Waals surface area contributed by atoms with Crippen LogP contribution in [0, 0.1) is 5.92 Å². The Hall–Kier alpha value is -1.24. The van der Waals surface area contributed by atoms with Gasteiger partial charge in [0.1, 0.15) is 4.21 Å². The van der Waals surface area contributed by atoms with E-state index >= 15 is 0 Å². The predicted molar refractivity (Wildman–Crippen MR) is 94.5 cm³/mol. The van der Waals surface area contributed by atoms with Gasteiger partial charge in [-0.2, -0.15) is 0 Å². The first-order valence-corrected chi connectivity index (χ1v) is 9.66. The van der Waals surface area contributed by atoms with Crippen LogP contribution in [-0.4, -0.2) is 15.0 Å². The fourth-order valence-electron chi connectivity index (χ4n) is 1.81. The second-order valence-electron chi connectivity index (χ2n) is 5.35. The molecular formula is C15H19ClN2O2S2. The van der Waals surface area contributed by atoms with E-state index in [1.165, 1.54) is 6.07 Å². The van der Waals surface area contributed by atoms with Crippen LogP contribution in [0.3, 0.4) is 0 Å². The number of hydrogen-bond acceptors (Lipinski definition) is 4. The molecule has 0 amide bonds. The molecule has 0 radical (unpaired) electrons. The summed E-state index contributed by atoms with van der Waals surface area (Å²) in [4.78, 5) is 0. The molecule has 0 fully saturated rings. The van der Waals surface area contributed by atoms with Crippen molar-refractivity contribution in [1.82, 2.24) is 0 Å². The third kappa shape index (κ3) is 4.90. The first-order chi connectivity index (χ1) is 10.4. The zero-order valence-electron chi connectivity index (χ0n) is 12.5. The average molecular weight is 359 g/mol. The molecule has 0 aliphatic carbocycles. The summed E-state index contributed by atoms with van der Waals surface area (Å²) in [6, 6.07) is 10.3. The maximum Gasteiger partial charge on any atom is 0.271 e. The van der Waals surface area contributed by atoms with Gasteiger partial charge in [0.2, 0.25) is 0 Å². The van der Waals surface area contributed by atoms with E-state index in [2.05, 4.69) is 23.9 Å². The largest absolute Gasteiger partial charge is 0.385 e. The molecule has 0 saturated heterocycles. The van der Waals surface area contributed by atoms with E-state index in [0.29, 0.717) is 15.9 Å². The van der Waals surface area contributed by atoms with E-state index < -0.39 is 10.0 Å². The molecule has 0 aliphatic heterocycles. The summed E-state index contributed by atoms with van der Waals surface area (Å²) in [5.41, 5.74) is 1.50. The zero-order chi connectivity index (χ0) is 16.2. The van der Waals surface area contributed by atoms with Gasteiger partial charge in [-0.25, -0.2) is 8.42 Å². The van der Waals surface area contributed by atoms with E-state index in [1.54, 1.807) is 18.2 Å². The van der Waals surface area contributed by atoms with E-state index in [4.69, 9.17) is 11.6 Å². The molecule has 7 heteroatoms. The first kappa shape index (κ1) is 17.1. The molecule has 0 saturated carbocycles. The molecule has 2 N–H and O–H groups in total. The maximum absolute atomic E-state index is 12.2. The molecule has 2 rings (SSSR count). The highest BCUT2D eigenvalue weighted by molar-refractivity contribution is 7.94. The summed E-state index contributed by atoms with van der Waals surface area (Å²) in [5.74, 6) is 0.649. The molecule has 1 aromatic carbocycles. The van der Waals surface area contributed by atoms with Crippen LogP contribution in [0.5, 0.6) is 0 Å². The Kier molecular flexibility index (Phi) is 5.72. The molecule has 0 atom stereocenters. The molecular weight excluding hydrogens is 340 g/mol. The lowest BCUT2D eigenvalue weighted by atomic mass is 10.1. The summed E-state index contributed by atoms with van der Waals surface area (Å²) in [5, 5.41) is 3.31. The van der Waals surface area contributed by atoms with Crippen LogP contribution >= 0.6 is 22.9 Å². The Bertz CT molecular complexity index is 709. The number of hydrogen-bond donors (Lipinski definition) is 2. The third-order valence-electron chi connectivity index (χ3n) is 3.00. The minimum Gasteiger partial charge on any atom is -0.385 e. The Morgan fingerprint density at radius 1 is 1.09 bits per heavy atom. The lowest BCUT2D eigenvalue weighted by molar-refractivity contribution is 0.603. The average Bonchev–Trinajstić information content (AvgIpc) is 2.88. The van der Waals surface area contributed by atoms with Gasteiger partial charge in [-0.3, -0.25) is 4.72 Å². The second kappa shape index (κ2) is 7.35. The Balaban J connectivity index is 1.99. The first-order valence-electron chi connectivity index (χ1n) is 6.99. The monoisotopic (exact) mass is 358 g/mol. The fourth-order valence-corrected chi connectivity index (χ4v) is 4.35. The molecule has 22 heavy (non-hydrogen) atoms. The summed E-state index contributed by atoms with van der Waals surface area (Å²) >= 11 is 6.81. The van der Waals surface area contributed by atoms with Crippen molar-refractivity contribution >= 4 is 44.3 Å². The number of benzene rings is 1. The summed E-state index contributed by atoms with van der Waals surface area (Å²) in [6.45, 7) is 5.25. The lowest BCUT2D eigenvalue weighted by Gasteiger charge is -2.10. The fraction of sp³-hybridized carbons (Fsp3) is 0.333.